The summed E-state index contributed by atoms with van der Waals surface area (Å²) in [7, 11) is -1.23. The average molecular weight is 276 g/mol. The molecule has 0 fully saturated rings. The molecular weight excluding hydrogens is 248 g/mol. The van der Waals surface area contributed by atoms with Gasteiger partial charge in [-0.3, -0.25) is 0 Å². The van der Waals surface area contributed by atoms with E-state index in [0.29, 0.717) is 0 Å². The molecule has 106 valence electrons. The molecule has 1 atom stereocenters. The highest BCUT2D eigenvalue weighted by Crippen LogP contribution is 2.22. The van der Waals surface area contributed by atoms with Crippen molar-refractivity contribution in [3.8, 4) is 0 Å². The standard InChI is InChI=1S/C17H28OSi/c1-4-19(5-2,6-3)15-14-17(18)13-12-16-10-8-7-9-11-16/h7-11,14-15,17-18H,4-6,12-13H2,1-3H3/b15-14+. The monoisotopic (exact) mass is 276 g/mol. The summed E-state index contributed by atoms with van der Waals surface area (Å²) in [4.78, 5) is 0. The van der Waals surface area contributed by atoms with Crippen LogP contribution in [0.5, 0.6) is 0 Å². The van der Waals surface area contributed by atoms with Crippen LogP contribution in [0.15, 0.2) is 42.1 Å². The van der Waals surface area contributed by atoms with Crippen LogP contribution in [0.4, 0.5) is 0 Å². The van der Waals surface area contributed by atoms with Gasteiger partial charge in [-0.25, -0.2) is 0 Å². The lowest BCUT2D eigenvalue weighted by molar-refractivity contribution is 0.213. The Balaban J connectivity index is 2.48. The van der Waals surface area contributed by atoms with Gasteiger partial charge in [0.1, 0.15) is 0 Å². The summed E-state index contributed by atoms with van der Waals surface area (Å²) >= 11 is 0. The van der Waals surface area contributed by atoms with Gasteiger partial charge in [-0.1, -0.05) is 81.0 Å². The quantitative estimate of drug-likeness (QED) is 0.689. The largest absolute Gasteiger partial charge is 0.389 e. The minimum atomic E-state index is -1.23. The van der Waals surface area contributed by atoms with Crippen molar-refractivity contribution in [3.63, 3.8) is 0 Å². The normalized spacial score (nSPS) is 13.9. The molecule has 0 spiro atoms. The molecule has 1 N–H and O–H groups in total. The molecule has 1 unspecified atom stereocenters. The first-order chi connectivity index (χ1) is 9.15. The molecule has 1 aromatic rings. The lowest BCUT2D eigenvalue weighted by atomic mass is 10.1. The van der Waals surface area contributed by atoms with Crippen molar-refractivity contribution in [1.82, 2.24) is 0 Å². The second kappa shape index (κ2) is 8.34. The van der Waals surface area contributed by atoms with Gasteiger partial charge >= 0.3 is 0 Å². The van der Waals surface area contributed by atoms with Gasteiger partial charge < -0.3 is 5.11 Å². The first kappa shape index (κ1) is 16.2. The van der Waals surface area contributed by atoms with E-state index in [1.165, 1.54) is 23.7 Å². The minimum Gasteiger partial charge on any atom is -0.389 e. The Morgan fingerprint density at radius 1 is 1.05 bits per heavy atom. The zero-order valence-corrected chi connectivity index (χ0v) is 13.6. The molecule has 19 heavy (non-hydrogen) atoms. The molecule has 0 radical (unpaired) electrons. The van der Waals surface area contributed by atoms with Crippen LogP contribution < -0.4 is 0 Å². The van der Waals surface area contributed by atoms with Gasteiger partial charge in [0.25, 0.3) is 0 Å². The van der Waals surface area contributed by atoms with Gasteiger partial charge in [-0.05, 0) is 18.4 Å². The van der Waals surface area contributed by atoms with Gasteiger partial charge in [0.05, 0.1) is 14.2 Å². The van der Waals surface area contributed by atoms with E-state index in [1.54, 1.807) is 0 Å². The van der Waals surface area contributed by atoms with Gasteiger partial charge in [0.15, 0.2) is 0 Å². The third kappa shape index (κ3) is 5.33. The summed E-state index contributed by atoms with van der Waals surface area (Å²) in [6.45, 7) is 6.87. The van der Waals surface area contributed by atoms with E-state index in [9.17, 15) is 5.11 Å². The number of aryl methyl sites for hydroxylation is 1. The maximum atomic E-state index is 10.1. The van der Waals surface area contributed by atoms with Crippen LogP contribution in [0.2, 0.25) is 18.1 Å². The van der Waals surface area contributed by atoms with E-state index < -0.39 is 8.07 Å². The molecule has 0 aliphatic heterocycles. The lowest BCUT2D eigenvalue weighted by Crippen LogP contribution is -2.29. The maximum absolute atomic E-state index is 10.1. The van der Waals surface area contributed by atoms with Crippen LogP contribution in [0.25, 0.3) is 0 Å². The molecule has 1 aromatic carbocycles. The van der Waals surface area contributed by atoms with Crippen LogP contribution in [0.1, 0.15) is 32.8 Å². The van der Waals surface area contributed by atoms with Gasteiger partial charge in [0, 0.05) is 0 Å². The van der Waals surface area contributed by atoms with Crippen molar-refractivity contribution in [2.45, 2.75) is 57.8 Å². The fourth-order valence-electron chi connectivity index (χ4n) is 2.47. The first-order valence-corrected chi connectivity index (χ1v) is 10.3. The predicted octanol–water partition coefficient (Wildman–Crippen LogP) is 4.58. The summed E-state index contributed by atoms with van der Waals surface area (Å²) in [5.74, 6) is 0. The summed E-state index contributed by atoms with van der Waals surface area (Å²) in [6, 6.07) is 14.2. The average Bonchev–Trinajstić information content (AvgIpc) is 2.48. The third-order valence-electron chi connectivity index (χ3n) is 4.36. The molecular formula is C17H28OSi. The number of rotatable bonds is 8. The van der Waals surface area contributed by atoms with Crippen LogP contribution in [-0.4, -0.2) is 19.3 Å². The minimum absolute atomic E-state index is 0.295. The Morgan fingerprint density at radius 2 is 1.63 bits per heavy atom. The first-order valence-electron chi connectivity index (χ1n) is 7.57. The second-order valence-corrected chi connectivity index (χ2v) is 10.6. The van der Waals surface area contributed by atoms with E-state index in [0.717, 1.165) is 12.8 Å². The van der Waals surface area contributed by atoms with Crippen LogP contribution in [-0.2, 0) is 6.42 Å². The number of hydrogen-bond donors (Lipinski definition) is 1. The van der Waals surface area contributed by atoms with Crippen molar-refractivity contribution in [1.29, 1.82) is 0 Å². The molecule has 0 aromatic heterocycles. The summed E-state index contributed by atoms with van der Waals surface area (Å²) in [5, 5.41) is 10.1. The van der Waals surface area contributed by atoms with Gasteiger partial charge in [-0.2, -0.15) is 0 Å². The van der Waals surface area contributed by atoms with E-state index in [2.05, 4.69) is 56.8 Å². The fraction of sp³-hybridized carbons (Fsp3) is 0.529. The zero-order valence-electron chi connectivity index (χ0n) is 12.6. The predicted molar refractivity (Wildman–Crippen MR) is 87.1 cm³/mol. The van der Waals surface area contributed by atoms with Crippen molar-refractivity contribution < 1.29 is 5.11 Å². The maximum Gasteiger partial charge on any atom is 0.0767 e. The van der Waals surface area contributed by atoms with E-state index in [1.807, 2.05) is 6.07 Å². The highest BCUT2D eigenvalue weighted by Gasteiger charge is 2.23. The Labute approximate surface area is 119 Å². The fourth-order valence-corrected chi connectivity index (χ4v) is 5.31. The summed E-state index contributed by atoms with van der Waals surface area (Å²) in [6.07, 6.45) is 3.54. The SMILES string of the molecule is CC[Si](/C=C/C(O)CCc1ccccc1)(CC)CC. The summed E-state index contributed by atoms with van der Waals surface area (Å²) in [5.41, 5.74) is 3.68. The van der Waals surface area contributed by atoms with Gasteiger partial charge in [0.2, 0.25) is 0 Å². The highest BCUT2D eigenvalue weighted by atomic mass is 28.3. The molecule has 2 heteroatoms. The van der Waals surface area contributed by atoms with Crippen LogP contribution in [0, 0.1) is 0 Å². The van der Waals surface area contributed by atoms with E-state index in [-0.39, 0.29) is 6.10 Å². The van der Waals surface area contributed by atoms with E-state index >= 15 is 0 Å². The molecule has 0 bridgehead atoms. The van der Waals surface area contributed by atoms with Crippen molar-refractivity contribution in [2.24, 2.45) is 0 Å². The Morgan fingerprint density at radius 3 is 2.16 bits per heavy atom. The smallest absolute Gasteiger partial charge is 0.0767 e. The van der Waals surface area contributed by atoms with E-state index in [4.69, 9.17) is 0 Å². The van der Waals surface area contributed by atoms with Gasteiger partial charge in [-0.15, -0.1) is 0 Å². The Hall–Kier alpha value is -0.863. The Bertz CT molecular complexity index is 360. The van der Waals surface area contributed by atoms with Crippen molar-refractivity contribution >= 4 is 8.07 Å². The number of benzene rings is 1. The number of aliphatic hydroxyl groups is 1. The third-order valence-corrected chi connectivity index (χ3v) is 9.48. The number of aliphatic hydroxyl groups excluding tert-OH is 1. The highest BCUT2D eigenvalue weighted by molar-refractivity contribution is 6.84. The molecule has 1 rings (SSSR count). The topological polar surface area (TPSA) is 20.2 Å². The molecule has 0 amide bonds. The zero-order chi connectivity index (χ0) is 14.1. The van der Waals surface area contributed by atoms with Crippen molar-refractivity contribution in [3.05, 3.63) is 47.7 Å². The molecule has 0 saturated carbocycles. The molecule has 0 heterocycles. The second-order valence-electron chi connectivity index (χ2n) is 5.37. The molecule has 0 aliphatic rings. The number of hydrogen-bond acceptors (Lipinski definition) is 1. The summed E-state index contributed by atoms with van der Waals surface area (Å²) < 4.78 is 0. The molecule has 0 aliphatic carbocycles. The lowest BCUT2D eigenvalue weighted by Gasteiger charge is -2.24. The molecule has 1 nitrogen and oxygen atoms in total. The molecule has 0 saturated heterocycles. The van der Waals surface area contributed by atoms with Crippen molar-refractivity contribution in [2.75, 3.05) is 0 Å². The van der Waals surface area contributed by atoms with Crippen LogP contribution in [0.3, 0.4) is 0 Å². The Kier molecular flexibility index (Phi) is 7.10. The van der Waals surface area contributed by atoms with Crippen LogP contribution >= 0.6 is 0 Å².